The number of fused-ring (bicyclic) bond motifs is 1. The Morgan fingerprint density at radius 1 is 1.04 bits per heavy atom. The standard InChI is InChI=1S/C18H11ClN2O2/c19-13-5-7-14(8-6-13)21-10-16(20-11-21)15-9-12-3-1-2-4-17(12)23-18(15)22/h1-11H. The van der Waals surface area contributed by atoms with Crippen LogP contribution in [-0.4, -0.2) is 9.55 Å². The summed E-state index contributed by atoms with van der Waals surface area (Å²) in [5, 5.41) is 1.53. The Morgan fingerprint density at radius 2 is 1.83 bits per heavy atom. The van der Waals surface area contributed by atoms with Gasteiger partial charge in [0.05, 0.1) is 17.6 Å². The number of para-hydroxylation sites is 1. The van der Waals surface area contributed by atoms with E-state index in [1.807, 2.05) is 34.9 Å². The number of benzene rings is 2. The molecule has 0 radical (unpaired) electrons. The number of halogens is 1. The van der Waals surface area contributed by atoms with Gasteiger partial charge < -0.3 is 8.98 Å². The first-order valence-electron chi connectivity index (χ1n) is 7.04. The maximum absolute atomic E-state index is 12.2. The predicted molar refractivity (Wildman–Crippen MR) is 90.1 cm³/mol. The van der Waals surface area contributed by atoms with Crippen molar-refractivity contribution >= 4 is 22.6 Å². The molecule has 4 rings (SSSR count). The Morgan fingerprint density at radius 3 is 2.65 bits per heavy atom. The Balaban J connectivity index is 1.81. The third-order valence-electron chi connectivity index (χ3n) is 3.62. The van der Waals surface area contributed by atoms with E-state index in [9.17, 15) is 4.79 Å². The van der Waals surface area contributed by atoms with Crippen LogP contribution < -0.4 is 5.63 Å². The normalized spacial score (nSPS) is 11.0. The lowest BCUT2D eigenvalue weighted by molar-refractivity contribution is 0.563. The van der Waals surface area contributed by atoms with Gasteiger partial charge in [-0.3, -0.25) is 0 Å². The molecule has 2 aromatic heterocycles. The number of aromatic nitrogens is 2. The lowest BCUT2D eigenvalue weighted by Crippen LogP contribution is -2.02. The van der Waals surface area contributed by atoms with Crippen LogP contribution in [0.3, 0.4) is 0 Å². The number of nitrogens with zero attached hydrogens (tertiary/aromatic N) is 2. The van der Waals surface area contributed by atoms with Gasteiger partial charge in [-0.15, -0.1) is 0 Å². The molecule has 0 unspecified atom stereocenters. The summed E-state index contributed by atoms with van der Waals surface area (Å²) in [5.41, 5.74) is 2.10. The van der Waals surface area contributed by atoms with Gasteiger partial charge in [-0.05, 0) is 36.4 Å². The Kier molecular flexibility index (Phi) is 3.24. The SMILES string of the molecule is O=c1oc2ccccc2cc1-c1cn(-c2ccc(Cl)cc2)cn1. The average molecular weight is 323 g/mol. The molecule has 5 heteroatoms. The lowest BCUT2D eigenvalue weighted by atomic mass is 10.1. The molecule has 0 amide bonds. The van der Waals surface area contributed by atoms with E-state index >= 15 is 0 Å². The predicted octanol–water partition coefficient (Wildman–Crippen LogP) is 4.30. The highest BCUT2D eigenvalue weighted by Gasteiger charge is 2.11. The van der Waals surface area contributed by atoms with Gasteiger partial charge in [0.25, 0.3) is 0 Å². The second-order valence-electron chi connectivity index (χ2n) is 5.13. The first-order valence-corrected chi connectivity index (χ1v) is 7.42. The molecular formula is C18H11ClN2O2. The molecule has 0 aliphatic rings. The molecule has 0 saturated carbocycles. The van der Waals surface area contributed by atoms with E-state index in [2.05, 4.69) is 4.98 Å². The van der Waals surface area contributed by atoms with Gasteiger partial charge in [0, 0.05) is 22.3 Å². The molecule has 0 fully saturated rings. The molecule has 0 saturated heterocycles. The van der Waals surface area contributed by atoms with Crippen molar-refractivity contribution in [2.45, 2.75) is 0 Å². The summed E-state index contributed by atoms with van der Waals surface area (Å²) >= 11 is 5.90. The van der Waals surface area contributed by atoms with Gasteiger partial charge in [-0.1, -0.05) is 29.8 Å². The summed E-state index contributed by atoms with van der Waals surface area (Å²) in [7, 11) is 0. The fourth-order valence-electron chi connectivity index (χ4n) is 2.46. The molecule has 112 valence electrons. The van der Waals surface area contributed by atoms with Crippen molar-refractivity contribution in [1.29, 1.82) is 0 Å². The zero-order valence-corrected chi connectivity index (χ0v) is 12.7. The minimum Gasteiger partial charge on any atom is -0.422 e. The third kappa shape index (κ3) is 2.53. The fraction of sp³-hybridized carbons (Fsp3) is 0. The van der Waals surface area contributed by atoms with Crippen LogP contribution >= 0.6 is 11.6 Å². The van der Waals surface area contributed by atoms with E-state index < -0.39 is 5.63 Å². The van der Waals surface area contributed by atoms with Gasteiger partial charge in [-0.25, -0.2) is 9.78 Å². The van der Waals surface area contributed by atoms with Gasteiger partial charge in [0.15, 0.2) is 0 Å². The molecule has 0 aliphatic carbocycles. The van der Waals surface area contributed by atoms with E-state index in [0.29, 0.717) is 21.9 Å². The molecule has 0 aliphatic heterocycles. The minimum atomic E-state index is -0.398. The van der Waals surface area contributed by atoms with Crippen LogP contribution in [0.25, 0.3) is 27.9 Å². The molecule has 4 aromatic rings. The second-order valence-corrected chi connectivity index (χ2v) is 5.56. The van der Waals surface area contributed by atoms with Crippen LogP contribution in [0.1, 0.15) is 0 Å². The maximum atomic E-state index is 12.2. The fourth-order valence-corrected chi connectivity index (χ4v) is 2.58. The lowest BCUT2D eigenvalue weighted by Gasteiger charge is -2.01. The van der Waals surface area contributed by atoms with Crippen LogP contribution in [0, 0.1) is 0 Å². The topological polar surface area (TPSA) is 48.0 Å². The van der Waals surface area contributed by atoms with Crippen LogP contribution in [0.4, 0.5) is 0 Å². The van der Waals surface area contributed by atoms with E-state index in [-0.39, 0.29) is 0 Å². The van der Waals surface area contributed by atoms with Gasteiger partial charge in [0.1, 0.15) is 5.58 Å². The van der Waals surface area contributed by atoms with Crippen molar-refractivity contribution in [1.82, 2.24) is 9.55 Å². The molecule has 0 bridgehead atoms. The molecule has 4 nitrogen and oxygen atoms in total. The second kappa shape index (κ2) is 5.41. The van der Waals surface area contributed by atoms with E-state index in [1.54, 1.807) is 36.8 Å². The smallest absolute Gasteiger partial charge is 0.345 e. The summed E-state index contributed by atoms with van der Waals surface area (Å²) in [6.45, 7) is 0. The summed E-state index contributed by atoms with van der Waals surface area (Å²) < 4.78 is 7.19. The minimum absolute atomic E-state index is 0.398. The third-order valence-corrected chi connectivity index (χ3v) is 3.88. The zero-order chi connectivity index (χ0) is 15.8. The van der Waals surface area contributed by atoms with Gasteiger partial charge in [-0.2, -0.15) is 0 Å². The first kappa shape index (κ1) is 13.8. The Bertz CT molecular complexity index is 1050. The van der Waals surface area contributed by atoms with E-state index in [4.69, 9.17) is 16.0 Å². The van der Waals surface area contributed by atoms with Crippen LogP contribution in [0.2, 0.25) is 5.02 Å². The van der Waals surface area contributed by atoms with E-state index in [1.165, 1.54) is 0 Å². The van der Waals surface area contributed by atoms with Crippen molar-refractivity contribution in [3.63, 3.8) is 0 Å². The highest BCUT2D eigenvalue weighted by atomic mass is 35.5. The highest BCUT2D eigenvalue weighted by molar-refractivity contribution is 6.30. The van der Waals surface area contributed by atoms with Crippen molar-refractivity contribution in [2.75, 3.05) is 0 Å². The number of hydrogen-bond acceptors (Lipinski definition) is 3. The first-order chi connectivity index (χ1) is 11.2. The van der Waals surface area contributed by atoms with Crippen molar-refractivity contribution in [3.05, 3.63) is 82.6 Å². The Hall–Kier alpha value is -2.85. The Labute approximate surface area is 136 Å². The summed E-state index contributed by atoms with van der Waals surface area (Å²) in [6.07, 6.45) is 3.46. The molecule has 0 spiro atoms. The van der Waals surface area contributed by atoms with Crippen LogP contribution in [-0.2, 0) is 0 Å². The summed E-state index contributed by atoms with van der Waals surface area (Å²) in [5.74, 6) is 0. The zero-order valence-electron chi connectivity index (χ0n) is 11.9. The molecule has 2 heterocycles. The van der Waals surface area contributed by atoms with Crippen molar-refractivity contribution in [2.24, 2.45) is 0 Å². The molecule has 0 N–H and O–H groups in total. The van der Waals surface area contributed by atoms with E-state index in [0.717, 1.165) is 11.1 Å². The molecule has 0 atom stereocenters. The highest BCUT2D eigenvalue weighted by Crippen LogP contribution is 2.21. The number of rotatable bonds is 2. The largest absolute Gasteiger partial charge is 0.422 e. The quantitative estimate of drug-likeness (QED) is 0.517. The average Bonchev–Trinajstić information content (AvgIpc) is 3.04. The summed E-state index contributed by atoms with van der Waals surface area (Å²) in [4.78, 5) is 16.5. The molecule has 2 aromatic carbocycles. The van der Waals surface area contributed by atoms with Crippen LogP contribution in [0.5, 0.6) is 0 Å². The molecular weight excluding hydrogens is 312 g/mol. The van der Waals surface area contributed by atoms with Gasteiger partial charge >= 0.3 is 5.63 Å². The van der Waals surface area contributed by atoms with Gasteiger partial charge in [0.2, 0.25) is 0 Å². The summed E-state index contributed by atoms with van der Waals surface area (Å²) in [6, 6.07) is 16.6. The van der Waals surface area contributed by atoms with Crippen molar-refractivity contribution in [3.8, 4) is 16.9 Å². The number of imidazole rings is 1. The van der Waals surface area contributed by atoms with Crippen LogP contribution in [0.15, 0.2) is 76.3 Å². The number of hydrogen-bond donors (Lipinski definition) is 0. The maximum Gasteiger partial charge on any atom is 0.345 e. The molecule has 23 heavy (non-hydrogen) atoms. The monoisotopic (exact) mass is 322 g/mol. The van der Waals surface area contributed by atoms with Crippen molar-refractivity contribution < 1.29 is 4.42 Å².